The molecule has 0 aliphatic heterocycles. The molecule has 0 radical (unpaired) electrons. The highest BCUT2D eigenvalue weighted by Gasteiger charge is 2.10. The number of nitrogens with one attached hydrogen (secondary N) is 1. The summed E-state index contributed by atoms with van der Waals surface area (Å²) in [5.74, 6) is 0.0461. The second kappa shape index (κ2) is 6.36. The van der Waals surface area contributed by atoms with Gasteiger partial charge < -0.3 is 9.88 Å². The van der Waals surface area contributed by atoms with E-state index in [9.17, 15) is 4.79 Å². The van der Waals surface area contributed by atoms with Crippen LogP contribution in [0.2, 0.25) is 0 Å². The van der Waals surface area contributed by atoms with E-state index in [4.69, 9.17) is 0 Å². The maximum absolute atomic E-state index is 11.2. The number of carbonyl (C=O) groups excluding carboxylic acids is 1. The molecule has 1 aromatic heterocycles. The molecule has 0 aliphatic rings. The van der Waals surface area contributed by atoms with Crippen molar-refractivity contribution >= 4 is 22.4 Å². The van der Waals surface area contributed by atoms with Crippen LogP contribution >= 0.6 is 0 Å². The van der Waals surface area contributed by atoms with E-state index < -0.39 is 0 Å². The number of allylic oxidation sites excluding steroid dienone is 2. The molecular weight excluding hydrogens is 296 g/mol. The standard InChI is InChI=1S/C21H22N2O/c1-14-10-20-18(12-19(14)22-15(2)11-16(3)24)13-21(23(20)4)17-8-6-5-7-9-17/h5-13,22H,1-4H3. The number of hydrogen-bond donors (Lipinski definition) is 1. The van der Waals surface area contributed by atoms with E-state index in [2.05, 4.69) is 66.3 Å². The zero-order valence-corrected chi connectivity index (χ0v) is 14.6. The van der Waals surface area contributed by atoms with Gasteiger partial charge in [-0.1, -0.05) is 30.3 Å². The number of nitrogens with zero attached hydrogens (tertiary/aromatic N) is 1. The van der Waals surface area contributed by atoms with Crippen molar-refractivity contribution in [1.29, 1.82) is 0 Å². The van der Waals surface area contributed by atoms with Crippen molar-refractivity contribution in [2.75, 3.05) is 5.32 Å². The minimum Gasteiger partial charge on any atom is -0.359 e. The summed E-state index contributed by atoms with van der Waals surface area (Å²) in [5.41, 5.74) is 6.63. The molecule has 2 aromatic carbocycles. The first-order valence-electron chi connectivity index (χ1n) is 8.07. The van der Waals surface area contributed by atoms with Crippen LogP contribution in [0.15, 0.2) is 60.3 Å². The Morgan fingerprint density at radius 3 is 2.46 bits per heavy atom. The van der Waals surface area contributed by atoms with Gasteiger partial charge in [-0.05, 0) is 56.2 Å². The summed E-state index contributed by atoms with van der Waals surface area (Å²) in [6, 6.07) is 16.9. The lowest BCUT2D eigenvalue weighted by Gasteiger charge is -2.11. The second-order valence-electron chi connectivity index (χ2n) is 6.24. The molecule has 0 atom stereocenters. The maximum atomic E-state index is 11.2. The van der Waals surface area contributed by atoms with Gasteiger partial charge in [-0.15, -0.1) is 0 Å². The van der Waals surface area contributed by atoms with Gasteiger partial charge in [0.05, 0.1) is 0 Å². The largest absolute Gasteiger partial charge is 0.359 e. The Bertz CT molecular complexity index is 933. The number of carbonyl (C=O) groups is 1. The molecule has 1 heterocycles. The molecule has 0 bridgehead atoms. The van der Waals surface area contributed by atoms with Crippen LogP contribution in [0.4, 0.5) is 5.69 Å². The number of anilines is 1. The molecule has 3 aromatic rings. The zero-order chi connectivity index (χ0) is 17.3. The third-order valence-electron chi connectivity index (χ3n) is 4.21. The van der Waals surface area contributed by atoms with Crippen molar-refractivity contribution in [2.24, 2.45) is 7.05 Å². The quantitative estimate of drug-likeness (QED) is 0.682. The van der Waals surface area contributed by atoms with Crippen molar-refractivity contribution in [1.82, 2.24) is 4.57 Å². The van der Waals surface area contributed by atoms with Crippen LogP contribution in [0.1, 0.15) is 19.4 Å². The van der Waals surface area contributed by atoms with Crippen LogP contribution < -0.4 is 5.32 Å². The molecule has 3 rings (SSSR count). The highest BCUT2D eigenvalue weighted by molar-refractivity contribution is 5.91. The van der Waals surface area contributed by atoms with Gasteiger partial charge in [0.1, 0.15) is 0 Å². The van der Waals surface area contributed by atoms with E-state index in [0.717, 1.165) is 16.9 Å². The smallest absolute Gasteiger partial charge is 0.154 e. The predicted octanol–water partition coefficient (Wildman–Crippen LogP) is 5.06. The van der Waals surface area contributed by atoms with Crippen LogP contribution in [0.25, 0.3) is 22.2 Å². The third kappa shape index (κ3) is 3.11. The number of ketones is 1. The van der Waals surface area contributed by atoms with Gasteiger partial charge in [0.15, 0.2) is 5.78 Å². The predicted molar refractivity (Wildman–Crippen MR) is 101 cm³/mol. The average molecular weight is 318 g/mol. The fourth-order valence-electron chi connectivity index (χ4n) is 3.06. The summed E-state index contributed by atoms with van der Waals surface area (Å²) in [4.78, 5) is 11.2. The summed E-state index contributed by atoms with van der Waals surface area (Å²) in [7, 11) is 2.10. The number of rotatable bonds is 4. The average Bonchev–Trinajstić information content (AvgIpc) is 2.84. The van der Waals surface area contributed by atoms with Crippen molar-refractivity contribution in [3.63, 3.8) is 0 Å². The number of benzene rings is 2. The molecular formula is C21H22N2O. The molecule has 0 aliphatic carbocycles. The number of aryl methyl sites for hydroxylation is 2. The Morgan fingerprint density at radius 2 is 1.79 bits per heavy atom. The molecule has 0 saturated heterocycles. The van der Waals surface area contributed by atoms with E-state index in [1.165, 1.54) is 22.2 Å². The second-order valence-corrected chi connectivity index (χ2v) is 6.24. The van der Waals surface area contributed by atoms with E-state index in [1.54, 1.807) is 13.0 Å². The highest BCUT2D eigenvalue weighted by atomic mass is 16.1. The first-order valence-corrected chi connectivity index (χ1v) is 8.07. The monoisotopic (exact) mass is 318 g/mol. The zero-order valence-electron chi connectivity index (χ0n) is 14.6. The van der Waals surface area contributed by atoms with Crippen LogP contribution in [0.5, 0.6) is 0 Å². The van der Waals surface area contributed by atoms with Crippen LogP contribution in [0, 0.1) is 6.92 Å². The van der Waals surface area contributed by atoms with Gasteiger partial charge in [0, 0.05) is 35.0 Å². The fraction of sp³-hybridized carbons (Fsp3) is 0.190. The molecule has 1 N–H and O–H groups in total. The molecule has 0 unspecified atom stereocenters. The molecule has 0 amide bonds. The van der Waals surface area contributed by atoms with Crippen molar-refractivity contribution in [2.45, 2.75) is 20.8 Å². The van der Waals surface area contributed by atoms with E-state index >= 15 is 0 Å². The molecule has 24 heavy (non-hydrogen) atoms. The first kappa shape index (κ1) is 16.1. The minimum atomic E-state index is 0.0461. The lowest BCUT2D eigenvalue weighted by molar-refractivity contribution is -0.112. The lowest BCUT2D eigenvalue weighted by atomic mass is 10.1. The van der Waals surface area contributed by atoms with Crippen molar-refractivity contribution in [3.8, 4) is 11.3 Å². The Balaban J connectivity index is 2.07. The molecule has 3 heteroatoms. The van der Waals surface area contributed by atoms with Gasteiger partial charge in [-0.25, -0.2) is 0 Å². The summed E-state index contributed by atoms with van der Waals surface area (Å²) in [6.45, 7) is 5.55. The third-order valence-corrected chi connectivity index (χ3v) is 4.21. The van der Waals surface area contributed by atoms with Crippen LogP contribution in [0.3, 0.4) is 0 Å². The maximum Gasteiger partial charge on any atom is 0.154 e. The summed E-state index contributed by atoms with van der Waals surface area (Å²) in [6.07, 6.45) is 1.62. The first-order chi connectivity index (χ1) is 11.5. The SMILES string of the molecule is CC(=O)C=C(C)Nc1cc2cc(-c3ccccc3)n(C)c2cc1C. The topological polar surface area (TPSA) is 34.0 Å². The molecule has 0 saturated carbocycles. The molecule has 3 nitrogen and oxygen atoms in total. The minimum absolute atomic E-state index is 0.0461. The fourth-order valence-corrected chi connectivity index (χ4v) is 3.06. The van der Waals surface area contributed by atoms with Gasteiger partial charge in [-0.2, -0.15) is 0 Å². The molecule has 0 spiro atoms. The van der Waals surface area contributed by atoms with Crippen LogP contribution in [-0.4, -0.2) is 10.4 Å². The normalized spacial score (nSPS) is 11.8. The van der Waals surface area contributed by atoms with Gasteiger partial charge >= 0.3 is 0 Å². The Hall–Kier alpha value is -2.81. The van der Waals surface area contributed by atoms with Crippen LogP contribution in [-0.2, 0) is 11.8 Å². The Kier molecular flexibility index (Phi) is 4.26. The van der Waals surface area contributed by atoms with E-state index in [0.29, 0.717) is 0 Å². The van der Waals surface area contributed by atoms with E-state index in [1.807, 2.05) is 13.0 Å². The summed E-state index contributed by atoms with van der Waals surface area (Å²) in [5, 5.41) is 4.51. The van der Waals surface area contributed by atoms with Crippen molar-refractivity contribution < 1.29 is 4.79 Å². The molecule has 122 valence electrons. The lowest BCUT2D eigenvalue weighted by Crippen LogP contribution is -2.00. The highest BCUT2D eigenvalue weighted by Crippen LogP contribution is 2.31. The van der Waals surface area contributed by atoms with Gasteiger partial charge in [-0.3, -0.25) is 4.79 Å². The number of fused-ring (bicyclic) bond motifs is 1. The van der Waals surface area contributed by atoms with E-state index in [-0.39, 0.29) is 5.78 Å². The number of hydrogen-bond acceptors (Lipinski definition) is 2. The molecule has 0 fully saturated rings. The number of aromatic nitrogens is 1. The van der Waals surface area contributed by atoms with Crippen molar-refractivity contribution in [3.05, 3.63) is 65.9 Å². The van der Waals surface area contributed by atoms with Gasteiger partial charge in [0.25, 0.3) is 0 Å². The summed E-state index contributed by atoms with van der Waals surface area (Å²) >= 11 is 0. The Morgan fingerprint density at radius 1 is 1.08 bits per heavy atom. The van der Waals surface area contributed by atoms with Gasteiger partial charge in [0.2, 0.25) is 0 Å². The summed E-state index contributed by atoms with van der Waals surface area (Å²) < 4.78 is 2.22. The Labute approximate surface area is 142 Å².